The molecule has 2 rings (SSSR count). The summed E-state index contributed by atoms with van der Waals surface area (Å²) in [5.41, 5.74) is 0.830. The van der Waals surface area contributed by atoms with Crippen molar-refractivity contribution in [3.05, 3.63) is 17.5 Å². The number of aryl methyl sites for hydroxylation is 1. The quantitative estimate of drug-likeness (QED) is 0.889. The molecule has 0 unspecified atom stereocenters. The molecule has 0 radical (unpaired) electrons. The molecule has 112 valence electrons. The maximum absolute atomic E-state index is 11.7. The monoisotopic (exact) mass is 279 g/mol. The summed E-state index contributed by atoms with van der Waals surface area (Å²) in [4.78, 5) is 11.7. The van der Waals surface area contributed by atoms with Gasteiger partial charge in [-0.05, 0) is 25.7 Å². The van der Waals surface area contributed by atoms with Crippen molar-refractivity contribution in [1.29, 1.82) is 0 Å². The van der Waals surface area contributed by atoms with E-state index >= 15 is 0 Å². The van der Waals surface area contributed by atoms with Gasteiger partial charge in [-0.1, -0.05) is 37.3 Å². The van der Waals surface area contributed by atoms with E-state index in [0.29, 0.717) is 18.2 Å². The van der Waals surface area contributed by atoms with Crippen molar-refractivity contribution in [1.82, 2.24) is 15.8 Å². The van der Waals surface area contributed by atoms with Crippen molar-refractivity contribution in [3.8, 4) is 0 Å². The van der Waals surface area contributed by atoms with Crippen LogP contribution in [0.25, 0.3) is 0 Å². The third kappa shape index (κ3) is 5.23. The highest BCUT2D eigenvalue weighted by molar-refractivity contribution is 5.73. The summed E-state index contributed by atoms with van der Waals surface area (Å²) in [5.74, 6) is 1.32. The summed E-state index contributed by atoms with van der Waals surface area (Å²) in [7, 11) is 0. The lowest BCUT2D eigenvalue weighted by atomic mass is 9.91. The topological polar surface area (TPSA) is 67.2 Å². The number of nitrogens with one attached hydrogen (secondary N) is 2. The zero-order valence-corrected chi connectivity index (χ0v) is 12.3. The van der Waals surface area contributed by atoms with Crippen LogP contribution in [0.1, 0.15) is 56.4 Å². The van der Waals surface area contributed by atoms with E-state index in [1.54, 1.807) is 0 Å². The van der Waals surface area contributed by atoms with Crippen LogP contribution in [0.5, 0.6) is 0 Å². The van der Waals surface area contributed by atoms with Crippen molar-refractivity contribution >= 4 is 6.03 Å². The molecule has 20 heavy (non-hydrogen) atoms. The average molecular weight is 279 g/mol. The first-order chi connectivity index (χ1) is 9.74. The van der Waals surface area contributed by atoms with Gasteiger partial charge in [-0.2, -0.15) is 0 Å². The molecule has 1 aliphatic carbocycles. The molecule has 0 saturated heterocycles. The Morgan fingerprint density at radius 1 is 1.25 bits per heavy atom. The standard InChI is InChI=1S/C15H25N3O2/c1-12-9-14(20-18-12)11-17-15(19)16-10-13-7-5-3-2-4-6-8-13/h9,13H,2-8,10-11H2,1H3,(H2,16,17,19). The molecule has 1 saturated carbocycles. The minimum Gasteiger partial charge on any atom is -0.359 e. The van der Waals surface area contributed by atoms with Crippen LogP contribution in [0.2, 0.25) is 0 Å². The summed E-state index contributed by atoms with van der Waals surface area (Å²) < 4.78 is 5.05. The minimum atomic E-state index is -0.124. The zero-order valence-electron chi connectivity index (χ0n) is 12.3. The first-order valence-corrected chi connectivity index (χ1v) is 7.68. The predicted octanol–water partition coefficient (Wildman–Crippen LogP) is 3.14. The van der Waals surface area contributed by atoms with Gasteiger partial charge in [0.05, 0.1) is 12.2 Å². The minimum absolute atomic E-state index is 0.124. The van der Waals surface area contributed by atoms with Gasteiger partial charge in [0.1, 0.15) is 0 Å². The lowest BCUT2D eigenvalue weighted by molar-refractivity contribution is 0.235. The Balaban J connectivity index is 1.63. The van der Waals surface area contributed by atoms with E-state index in [1.165, 1.54) is 44.9 Å². The van der Waals surface area contributed by atoms with Crippen LogP contribution in [0.3, 0.4) is 0 Å². The summed E-state index contributed by atoms with van der Waals surface area (Å²) in [6, 6.07) is 1.70. The highest BCUT2D eigenvalue weighted by Crippen LogP contribution is 2.21. The Labute approximate surface area is 120 Å². The maximum Gasteiger partial charge on any atom is 0.315 e. The van der Waals surface area contributed by atoms with E-state index in [4.69, 9.17) is 4.52 Å². The molecule has 1 aromatic heterocycles. The molecule has 0 spiro atoms. The van der Waals surface area contributed by atoms with Crippen LogP contribution in [0.15, 0.2) is 10.6 Å². The summed E-state index contributed by atoms with van der Waals surface area (Å²) >= 11 is 0. The van der Waals surface area contributed by atoms with Crippen molar-refractivity contribution in [3.63, 3.8) is 0 Å². The van der Waals surface area contributed by atoms with E-state index in [0.717, 1.165) is 12.2 Å². The number of hydrogen-bond donors (Lipinski definition) is 2. The molecular weight excluding hydrogens is 254 g/mol. The number of aromatic nitrogens is 1. The number of carbonyl (C=O) groups excluding carboxylic acids is 1. The predicted molar refractivity (Wildman–Crippen MR) is 77.3 cm³/mol. The van der Waals surface area contributed by atoms with Gasteiger partial charge in [0.25, 0.3) is 0 Å². The van der Waals surface area contributed by atoms with Crippen LogP contribution in [-0.2, 0) is 6.54 Å². The van der Waals surface area contributed by atoms with Gasteiger partial charge in [0, 0.05) is 12.6 Å². The van der Waals surface area contributed by atoms with Gasteiger partial charge in [-0.3, -0.25) is 0 Å². The second kappa shape index (κ2) is 7.92. The summed E-state index contributed by atoms with van der Waals surface area (Å²) in [6.07, 6.45) is 9.12. The molecule has 0 aliphatic heterocycles. The highest BCUT2D eigenvalue weighted by Gasteiger charge is 2.12. The van der Waals surface area contributed by atoms with E-state index in [-0.39, 0.29) is 6.03 Å². The Morgan fingerprint density at radius 3 is 2.60 bits per heavy atom. The molecule has 2 N–H and O–H groups in total. The van der Waals surface area contributed by atoms with Gasteiger partial charge in [-0.25, -0.2) is 4.79 Å². The smallest absolute Gasteiger partial charge is 0.315 e. The van der Waals surface area contributed by atoms with E-state index in [9.17, 15) is 4.79 Å². The highest BCUT2D eigenvalue weighted by atomic mass is 16.5. The van der Waals surface area contributed by atoms with Gasteiger partial charge in [0.15, 0.2) is 5.76 Å². The molecule has 1 aromatic rings. The van der Waals surface area contributed by atoms with E-state index in [1.807, 2.05) is 13.0 Å². The molecule has 0 bridgehead atoms. The van der Waals surface area contributed by atoms with Crippen LogP contribution in [0.4, 0.5) is 4.79 Å². The third-order valence-electron chi connectivity index (χ3n) is 3.88. The molecule has 0 aromatic carbocycles. The van der Waals surface area contributed by atoms with Crippen LogP contribution in [-0.4, -0.2) is 17.7 Å². The molecule has 5 nitrogen and oxygen atoms in total. The number of carbonyl (C=O) groups is 1. The summed E-state index contributed by atoms with van der Waals surface area (Å²) in [6.45, 7) is 3.03. The van der Waals surface area contributed by atoms with Gasteiger partial charge in [-0.15, -0.1) is 0 Å². The number of urea groups is 1. The second-order valence-electron chi connectivity index (χ2n) is 5.71. The number of nitrogens with zero attached hydrogens (tertiary/aromatic N) is 1. The molecule has 1 heterocycles. The van der Waals surface area contributed by atoms with E-state index < -0.39 is 0 Å². The number of rotatable bonds is 4. The maximum atomic E-state index is 11.7. The fourth-order valence-electron chi connectivity index (χ4n) is 2.71. The van der Waals surface area contributed by atoms with Gasteiger partial charge < -0.3 is 15.2 Å². The SMILES string of the molecule is Cc1cc(CNC(=O)NCC2CCCCCCC2)on1. The lowest BCUT2D eigenvalue weighted by Gasteiger charge is -2.20. The lowest BCUT2D eigenvalue weighted by Crippen LogP contribution is -2.38. The van der Waals surface area contributed by atoms with Crippen molar-refractivity contribution in [2.45, 2.75) is 58.4 Å². The van der Waals surface area contributed by atoms with Crippen LogP contribution in [0, 0.1) is 12.8 Å². The fourth-order valence-corrected chi connectivity index (χ4v) is 2.71. The van der Waals surface area contributed by atoms with E-state index in [2.05, 4.69) is 15.8 Å². The van der Waals surface area contributed by atoms with Crippen molar-refractivity contribution < 1.29 is 9.32 Å². The number of amides is 2. The average Bonchev–Trinajstić information content (AvgIpc) is 2.81. The Kier molecular flexibility index (Phi) is 5.89. The van der Waals surface area contributed by atoms with Gasteiger partial charge in [0.2, 0.25) is 0 Å². The molecule has 2 amide bonds. The molecule has 5 heteroatoms. The Hall–Kier alpha value is -1.52. The molecular formula is C15H25N3O2. The molecule has 0 atom stereocenters. The molecule has 1 aliphatic rings. The normalized spacial score (nSPS) is 17.2. The molecule has 1 fully saturated rings. The van der Waals surface area contributed by atoms with Crippen molar-refractivity contribution in [2.24, 2.45) is 5.92 Å². The van der Waals surface area contributed by atoms with Crippen LogP contribution < -0.4 is 10.6 Å². The summed E-state index contributed by atoms with van der Waals surface area (Å²) in [5, 5.41) is 9.55. The fraction of sp³-hybridized carbons (Fsp3) is 0.733. The first-order valence-electron chi connectivity index (χ1n) is 7.68. The number of hydrogen-bond acceptors (Lipinski definition) is 3. The van der Waals surface area contributed by atoms with Crippen LogP contribution >= 0.6 is 0 Å². The van der Waals surface area contributed by atoms with Gasteiger partial charge >= 0.3 is 6.03 Å². The first kappa shape index (κ1) is 14.9. The second-order valence-corrected chi connectivity index (χ2v) is 5.71. The largest absolute Gasteiger partial charge is 0.359 e. The van der Waals surface area contributed by atoms with Crippen molar-refractivity contribution in [2.75, 3.05) is 6.54 Å². The third-order valence-corrected chi connectivity index (χ3v) is 3.88. The Morgan fingerprint density at radius 2 is 1.95 bits per heavy atom. The Bertz CT molecular complexity index is 409. The zero-order chi connectivity index (χ0) is 14.2.